The first-order chi connectivity index (χ1) is 16.6. The van der Waals surface area contributed by atoms with E-state index in [0.29, 0.717) is 17.3 Å². The van der Waals surface area contributed by atoms with Gasteiger partial charge in [0, 0.05) is 30.8 Å². The van der Waals surface area contributed by atoms with Crippen LogP contribution < -0.4 is 10.2 Å². The molecule has 8 nitrogen and oxygen atoms in total. The zero-order valence-corrected chi connectivity index (χ0v) is 18.8. The molecule has 3 heterocycles. The van der Waals surface area contributed by atoms with Crippen LogP contribution >= 0.6 is 0 Å². The van der Waals surface area contributed by atoms with Crippen molar-refractivity contribution in [2.24, 2.45) is 0 Å². The molecular formula is C26H26N6O2. The second kappa shape index (κ2) is 9.35. The van der Waals surface area contributed by atoms with E-state index in [1.54, 1.807) is 12.3 Å². The van der Waals surface area contributed by atoms with Gasteiger partial charge in [0.2, 0.25) is 5.95 Å². The number of aromatic nitrogens is 4. The van der Waals surface area contributed by atoms with Gasteiger partial charge in [-0.3, -0.25) is 9.89 Å². The Kier molecular flexibility index (Phi) is 5.95. The molecule has 1 aliphatic heterocycles. The van der Waals surface area contributed by atoms with Crippen LogP contribution in [0.3, 0.4) is 0 Å². The zero-order valence-electron chi connectivity index (χ0n) is 18.8. The summed E-state index contributed by atoms with van der Waals surface area (Å²) in [6.07, 6.45) is 6.79. The fourth-order valence-corrected chi connectivity index (χ4v) is 4.33. The molecule has 0 spiro atoms. The van der Waals surface area contributed by atoms with E-state index < -0.39 is 0 Å². The highest BCUT2D eigenvalue weighted by atomic mass is 16.3. The number of H-pyrrole nitrogens is 1. The molecule has 0 atom stereocenters. The highest BCUT2D eigenvalue weighted by Crippen LogP contribution is 2.34. The van der Waals surface area contributed by atoms with Crippen molar-refractivity contribution in [2.45, 2.75) is 25.7 Å². The first kappa shape index (κ1) is 21.6. The lowest BCUT2D eigenvalue weighted by molar-refractivity contribution is -0.114. The Morgan fingerprint density at radius 1 is 1.15 bits per heavy atom. The number of phenols is 1. The van der Waals surface area contributed by atoms with Crippen LogP contribution in [0.25, 0.3) is 22.3 Å². The fourth-order valence-electron chi connectivity index (χ4n) is 4.33. The maximum absolute atomic E-state index is 11.8. The van der Waals surface area contributed by atoms with Crippen molar-refractivity contribution in [1.29, 1.82) is 0 Å². The van der Waals surface area contributed by atoms with E-state index >= 15 is 0 Å². The van der Waals surface area contributed by atoms with E-state index in [4.69, 9.17) is 4.98 Å². The minimum Gasteiger partial charge on any atom is -0.506 e. The molecule has 0 aliphatic carbocycles. The Balaban J connectivity index is 1.49. The smallest absolute Gasteiger partial charge is 0.229 e. The molecule has 1 fully saturated rings. The summed E-state index contributed by atoms with van der Waals surface area (Å²) in [5.74, 6) is 0.644. The number of phenolic OH excluding ortho intramolecular Hbond substituents is 1. The predicted molar refractivity (Wildman–Crippen MR) is 133 cm³/mol. The molecule has 2 aromatic heterocycles. The van der Waals surface area contributed by atoms with Crippen molar-refractivity contribution in [3.8, 4) is 17.0 Å². The third-order valence-corrected chi connectivity index (χ3v) is 6.04. The normalized spacial score (nSPS) is 13.7. The minimum absolute atomic E-state index is 0.0347. The van der Waals surface area contributed by atoms with Crippen molar-refractivity contribution in [3.05, 3.63) is 66.9 Å². The molecule has 5 rings (SSSR count). The van der Waals surface area contributed by atoms with Gasteiger partial charge < -0.3 is 15.3 Å². The number of aromatic hydroxyl groups is 1. The summed E-state index contributed by atoms with van der Waals surface area (Å²) in [6, 6.07) is 13.2. The van der Waals surface area contributed by atoms with Crippen LogP contribution in [0.4, 0.5) is 17.3 Å². The van der Waals surface area contributed by atoms with Crippen LogP contribution in [0, 0.1) is 0 Å². The van der Waals surface area contributed by atoms with Gasteiger partial charge in [-0.25, -0.2) is 4.98 Å². The SMILES string of the molecule is C=CC(=O)Cc1cccc(-c2nc(Nc3ccc(O)c(N4CCCCC4)c3)nc3[nH]ncc23)c1. The van der Waals surface area contributed by atoms with E-state index in [2.05, 4.69) is 32.0 Å². The molecule has 1 aliphatic rings. The molecular weight excluding hydrogens is 428 g/mol. The molecule has 0 unspecified atom stereocenters. The molecule has 4 aromatic rings. The molecule has 172 valence electrons. The van der Waals surface area contributed by atoms with Gasteiger partial charge >= 0.3 is 0 Å². The lowest BCUT2D eigenvalue weighted by Crippen LogP contribution is -2.29. The van der Waals surface area contributed by atoms with Crippen LogP contribution in [0.2, 0.25) is 0 Å². The molecule has 0 amide bonds. The summed E-state index contributed by atoms with van der Waals surface area (Å²) in [6.45, 7) is 5.42. The number of anilines is 3. The van der Waals surface area contributed by atoms with Crippen molar-refractivity contribution in [2.75, 3.05) is 23.3 Å². The van der Waals surface area contributed by atoms with Gasteiger partial charge in [0.25, 0.3) is 0 Å². The van der Waals surface area contributed by atoms with Crippen LogP contribution in [0.5, 0.6) is 5.75 Å². The Morgan fingerprint density at radius 3 is 2.82 bits per heavy atom. The lowest BCUT2D eigenvalue weighted by Gasteiger charge is -2.29. The summed E-state index contributed by atoms with van der Waals surface area (Å²) in [5, 5.41) is 21.6. The monoisotopic (exact) mass is 454 g/mol. The third kappa shape index (κ3) is 4.47. The number of ketones is 1. The summed E-state index contributed by atoms with van der Waals surface area (Å²) in [5.41, 5.74) is 4.67. The summed E-state index contributed by atoms with van der Waals surface area (Å²) in [4.78, 5) is 23.4. The van der Waals surface area contributed by atoms with E-state index in [1.165, 1.54) is 12.5 Å². The number of aromatic amines is 1. The number of carbonyl (C=O) groups is 1. The van der Waals surface area contributed by atoms with Crippen LogP contribution in [0.1, 0.15) is 24.8 Å². The lowest BCUT2D eigenvalue weighted by atomic mass is 10.0. The Morgan fingerprint density at radius 2 is 2.00 bits per heavy atom. The van der Waals surface area contributed by atoms with E-state index in [9.17, 15) is 9.90 Å². The van der Waals surface area contributed by atoms with Crippen molar-refractivity contribution >= 4 is 34.1 Å². The molecule has 2 aromatic carbocycles. The van der Waals surface area contributed by atoms with Crippen molar-refractivity contribution in [1.82, 2.24) is 20.2 Å². The molecule has 8 heteroatoms. The Hall–Kier alpha value is -4.20. The van der Waals surface area contributed by atoms with Gasteiger partial charge in [-0.1, -0.05) is 24.8 Å². The fraction of sp³-hybridized carbons (Fsp3) is 0.231. The van der Waals surface area contributed by atoms with Gasteiger partial charge in [0.1, 0.15) is 5.75 Å². The Bertz CT molecular complexity index is 1360. The second-order valence-corrected chi connectivity index (χ2v) is 8.45. The van der Waals surface area contributed by atoms with E-state index in [-0.39, 0.29) is 18.0 Å². The highest BCUT2D eigenvalue weighted by Gasteiger charge is 2.17. The molecule has 0 radical (unpaired) electrons. The number of hydrogen-bond donors (Lipinski definition) is 3. The van der Waals surface area contributed by atoms with Gasteiger partial charge in [0.05, 0.1) is 23.0 Å². The van der Waals surface area contributed by atoms with Gasteiger partial charge in [-0.15, -0.1) is 0 Å². The summed E-state index contributed by atoms with van der Waals surface area (Å²) >= 11 is 0. The van der Waals surface area contributed by atoms with Crippen molar-refractivity contribution < 1.29 is 9.90 Å². The number of rotatable bonds is 7. The first-order valence-electron chi connectivity index (χ1n) is 11.4. The number of fused-ring (bicyclic) bond motifs is 1. The Labute approximate surface area is 197 Å². The average molecular weight is 455 g/mol. The summed E-state index contributed by atoms with van der Waals surface area (Å²) < 4.78 is 0. The largest absolute Gasteiger partial charge is 0.506 e. The van der Waals surface area contributed by atoms with Gasteiger partial charge in [-0.05, 0) is 55.2 Å². The number of benzene rings is 2. The topological polar surface area (TPSA) is 107 Å². The highest BCUT2D eigenvalue weighted by molar-refractivity contribution is 5.93. The number of piperidine rings is 1. The standard InChI is InChI=1S/C26H26N6O2/c1-2-20(33)14-17-7-6-8-18(13-17)24-21-16-27-31-25(21)30-26(29-24)28-19-9-10-23(34)22(15-19)32-11-4-3-5-12-32/h2,6-10,13,15-16,34H,1,3-5,11-12,14H2,(H2,27,28,29,30,31). The van der Waals surface area contributed by atoms with Gasteiger partial charge in [0.15, 0.2) is 11.4 Å². The minimum atomic E-state index is -0.0347. The number of nitrogens with one attached hydrogen (secondary N) is 2. The maximum atomic E-state index is 11.8. The van der Waals surface area contributed by atoms with Crippen LogP contribution in [-0.4, -0.2) is 44.1 Å². The average Bonchev–Trinajstić information content (AvgIpc) is 3.34. The molecule has 3 N–H and O–H groups in total. The van der Waals surface area contributed by atoms with E-state index in [0.717, 1.165) is 53.8 Å². The molecule has 0 bridgehead atoms. The second-order valence-electron chi connectivity index (χ2n) is 8.45. The molecule has 1 saturated heterocycles. The molecule has 34 heavy (non-hydrogen) atoms. The van der Waals surface area contributed by atoms with Crippen molar-refractivity contribution in [3.63, 3.8) is 0 Å². The summed E-state index contributed by atoms with van der Waals surface area (Å²) in [7, 11) is 0. The zero-order chi connectivity index (χ0) is 23.5. The van der Waals surface area contributed by atoms with Crippen LogP contribution in [-0.2, 0) is 11.2 Å². The quantitative estimate of drug-likeness (QED) is 0.273. The van der Waals surface area contributed by atoms with Gasteiger partial charge in [-0.2, -0.15) is 10.1 Å². The number of nitrogens with zero attached hydrogens (tertiary/aromatic N) is 4. The number of allylic oxidation sites excluding steroid dienone is 1. The van der Waals surface area contributed by atoms with Crippen LogP contribution in [0.15, 0.2) is 61.3 Å². The predicted octanol–water partition coefficient (Wildman–Crippen LogP) is 4.76. The molecule has 0 saturated carbocycles. The number of carbonyl (C=O) groups excluding carboxylic acids is 1. The first-order valence-corrected chi connectivity index (χ1v) is 11.4. The number of hydrogen-bond acceptors (Lipinski definition) is 7. The third-order valence-electron chi connectivity index (χ3n) is 6.04. The van der Waals surface area contributed by atoms with E-state index in [1.807, 2.05) is 36.4 Å². The maximum Gasteiger partial charge on any atom is 0.229 e.